The Morgan fingerprint density at radius 2 is 1.65 bits per heavy atom. The number of rotatable bonds is 3. The zero-order chi connectivity index (χ0) is 16.6. The Kier molecular flexibility index (Phi) is 4.46. The van der Waals surface area contributed by atoms with E-state index in [0.717, 1.165) is 33.2 Å². The molecule has 0 saturated heterocycles. The van der Waals surface area contributed by atoms with Crippen LogP contribution in [0.2, 0.25) is 0 Å². The lowest BCUT2D eigenvalue weighted by Crippen LogP contribution is -2.36. The highest BCUT2D eigenvalue weighted by Crippen LogP contribution is 2.41. The Bertz CT molecular complexity index is 755. The highest BCUT2D eigenvalue weighted by molar-refractivity contribution is 7.99. The SMILES string of the molecule is Cc1ccc2c(c1)C(=O)N(CCN(C)C)c1cc(C)ccc1S2. The minimum atomic E-state index is 0.0994. The number of benzene rings is 2. The molecule has 0 fully saturated rings. The summed E-state index contributed by atoms with van der Waals surface area (Å²) in [5.74, 6) is 0.0994. The van der Waals surface area contributed by atoms with E-state index in [2.05, 4.69) is 42.2 Å². The van der Waals surface area contributed by atoms with E-state index < -0.39 is 0 Å². The Hall–Kier alpha value is -1.78. The van der Waals surface area contributed by atoms with Crippen LogP contribution in [-0.2, 0) is 0 Å². The first-order valence-electron chi connectivity index (χ1n) is 7.81. The second-order valence-corrected chi connectivity index (χ2v) is 7.42. The molecule has 0 aliphatic carbocycles. The fourth-order valence-electron chi connectivity index (χ4n) is 2.72. The highest BCUT2D eigenvalue weighted by atomic mass is 32.2. The maximum Gasteiger partial charge on any atom is 0.259 e. The average Bonchev–Trinajstić information content (AvgIpc) is 2.60. The fraction of sp³-hybridized carbons (Fsp3) is 0.316. The van der Waals surface area contributed by atoms with Crippen molar-refractivity contribution in [3.8, 4) is 0 Å². The monoisotopic (exact) mass is 326 g/mol. The van der Waals surface area contributed by atoms with Gasteiger partial charge in [-0.15, -0.1) is 0 Å². The topological polar surface area (TPSA) is 23.6 Å². The summed E-state index contributed by atoms with van der Waals surface area (Å²) in [6.45, 7) is 5.63. The summed E-state index contributed by atoms with van der Waals surface area (Å²) in [4.78, 5) is 19.4. The number of fused-ring (bicyclic) bond motifs is 2. The first kappa shape index (κ1) is 16.1. The molecule has 0 bridgehead atoms. The van der Waals surface area contributed by atoms with E-state index in [1.54, 1.807) is 11.8 Å². The van der Waals surface area contributed by atoms with Crippen LogP contribution in [0, 0.1) is 13.8 Å². The molecule has 1 aliphatic rings. The van der Waals surface area contributed by atoms with Crippen molar-refractivity contribution in [1.82, 2.24) is 4.90 Å². The lowest BCUT2D eigenvalue weighted by atomic mass is 10.1. The van der Waals surface area contributed by atoms with Gasteiger partial charge in [-0.2, -0.15) is 0 Å². The van der Waals surface area contributed by atoms with Gasteiger partial charge in [0.25, 0.3) is 5.91 Å². The summed E-state index contributed by atoms with van der Waals surface area (Å²) in [6, 6.07) is 12.5. The van der Waals surface area contributed by atoms with E-state index in [4.69, 9.17) is 0 Å². The second-order valence-electron chi connectivity index (χ2n) is 6.33. The molecule has 0 atom stereocenters. The molecule has 0 N–H and O–H groups in total. The number of carbonyl (C=O) groups is 1. The van der Waals surface area contributed by atoms with Gasteiger partial charge in [-0.1, -0.05) is 29.5 Å². The molecule has 3 rings (SSSR count). The summed E-state index contributed by atoms with van der Waals surface area (Å²) in [5, 5.41) is 0. The van der Waals surface area contributed by atoms with Crippen LogP contribution in [0.3, 0.4) is 0 Å². The summed E-state index contributed by atoms with van der Waals surface area (Å²) in [6.07, 6.45) is 0. The van der Waals surface area contributed by atoms with Gasteiger partial charge in [0.1, 0.15) is 0 Å². The first-order valence-corrected chi connectivity index (χ1v) is 8.63. The van der Waals surface area contributed by atoms with E-state index >= 15 is 0 Å². The predicted octanol–water partition coefficient (Wildman–Crippen LogP) is 3.98. The maximum absolute atomic E-state index is 13.2. The molecular weight excluding hydrogens is 304 g/mol. The van der Waals surface area contributed by atoms with Gasteiger partial charge in [0.2, 0.25) is 0 Å². The van der Waals surface area contributed by atoms with E-state index in [1.165, 1.54) is 5.56 Å². The minimum Gasteiger partial charge on any atom is -0.308 e. The van der Waals surface area contributed by atoms with Crippen molar-refractivity contribution in [2.45, 2.75) is 23.6 Å². The van der Waals surface area contributed by atoms with Crippen LogP contribution in [0.5, 0.6) is 0 Å². The van der Waals surface area contributed by atoms with Crippen LogP contribution in [0.15, 0.2) is 46.2 Å². The molecule has 1 aliphatic heterocycles. The van der Waals surface area contributed by atoms with Gasteiger partial charge in [-0.3, -0.25) is 4.79 Å². The van der Waals surface area contributed by atoms with Crippen LogP contribution in [0.25, 0.3) is 0 Å². The lowest BCUT2D eigenvalue weighted by Gasteiger charge is -2.25. The molecule has 0 unspecified atom stereocenters. The van der Waals surface area contributed by atoms with Crippen molar-refractivity contribution in [2.75, 3.05) is 32.1 Å². The number of anilines is 1. The third-order valence-electron chi connectivity index (χ3n) is 4.01. The van der Waals surface area contributed by atoms with Gasteiger partial charge in [0.05, 0.1) is 11.3 Å². The number of nitrogens with zero attached hydrogens (tertiary/aromatic N) is 2. The van der Waals surface area contributed by atoms with Crippen LogP contribution in [0.1, 0.15) is 21.5 Å². The molecule has 2 aromatic carbocycles. The van der Waals surface area contributed by atoms with Gasteiger partial charge < -0.3 is 9.80 Å². The van der Waals surface area contributed by atoms with Crippen LogP contribution >= 0.6 is 11.8 Å². The van der Waals surface area contributed by atoms with Gasteiger partial charge >= 0.3 is 0 Å². The molecule has 2 aromatic rings. The largest absolute Gasteiger partial charge is 0.308 e. The van der Waals surface area contributed by atoms with Crippen molar-refractivity contribution >= 4 is 23.4 Å². The number of hydrogen-bond acceptors (Lipinski definition) is 3. The van der Waals surface area contributed by atoms with E-state index in [9.17, 15) is 4.79 Å². The minimum absolute atomic E-state index is 0.0994. The zero-order valence-corrected chi connectivity index (χ0v) is 14.9. The van der Waals surface area contributed by atoms with Gasteiger partial charge in [-0.25, -0.2) is 0 Å². The van der Waals surface area contributed by atoms with Crippen LogP contribution in [-0.4, -0.2) is 38.0 Å². The molecule has 1 amide bonds. The number of aryl methyl sites for hydroxylation is 2. The molecule has 3 nitrogen and oxygen atoms in total. The first-order chi connectivity index (χ1) is 11.0. The average molecular weight is 326 g/mol. The van der Waals surface area contributed by atoms with Crippen molar-refractivity contribution < 1.29 is 4.79 Å². The van der Waals surface area contributed by atoms with E-state index in [1.807, 2.05) is 32.0 Å². The third kappa shape index (κ3) is 3.28. The highest BCUT2D eigenvalue weighted by Gasteiger charge is 2.27. The smallest absolute Gasteiger partial charge is 0.259 e. The quantitative estimate of drug-likeness (QED) is 0.852. The van der Waals surface area contributed by atoms with E-state index in [0.29, 0.717) is 6.54 Å². The zero-order valence-electron chi connectivity index (χ0n) is 14.1. The normalized spacial score (nSPS) is 13.8. The predicted molar refractivity (Wildman–Crippen MR) is 96.7 cm³/mol. The number of amides is 1. The van der Waals surface area contributed by atoms with Gasteiger partial charge in [-0.05, 0) is 57.8 Å². The van der Waals surface area contributed by atoms with E-state index in [-0.39, 0.29) is 5.91 Å². The van der Waals surface area contributed by atoms with Crippen molar-refractivity contribution in [3.63, 3.8) is 0 Å². The maximum atomic E-state index is 13.2. The van der Waals surface area contributed by atoms with Crippen LogP contribution < -0.4 is 4.90 Å². The van der Waals surface area contributed by atoms with Gasteiger partial charge in [0, 0.05) is 22.9 Å². The molecule has 0 spiro atoms. The molecule has 23 heavy (non-hydrogen) atoms. The third-order valence-corrected chi connectivity index (χ3v) is 5.15. The standard InChI is InChI=1S/C19H22N2OS/c1-13-5-7-17-15(11-13)19(22)21(10-9-20(3)4)16-12-14(2)6-8-18(16)23-17/h5-8,11-12H,9-10H2,1-4H3. The number of likely N-dealkylation sites (N-methyl/N-ethyl adjacent to an activating group) is 1. The molecule has 0 radical (unpaired) electrons. The van der Waals surface area contributed by atoms with Crippen molar-refractivity contribution in [3.05, 3.63) is 53.1 Å². The summed E-state index contributed by atoms with van der Waals surface area (Å²) >= 11 is 1.69. The molecular formula is C19H22N2OS. The summed E-state index contributed by atoms with van der Waals surface area (Å²) in [7, 11) is 4.07. The van der Waals surface area contributed by atoms with Crippen molar-refractivity contribution in [2.24, 2.45) is 0 Å². The summed E-state index contributed by atoms with van der Waals surface area (Å²) < 4.78 is 0. The Balaban J connectivity index is 2.12. The Morgan fingerprint density at radius 1 is 1.00 bits per heavy atom. The Labute approximate surface area is 142 Å². The molecule has 4 heteroatoms. The van der Waals surface area contributed by atoms with Crippen molar-refractivity contribution in [1.29, 1.82) is 0 Å². The fourth-order valence-corrected chi connectivity index (χ4v) is 3.76. The van der Waals surface area contributed by atoms with Crippen LogP contribution in [0.4, 0.5) is 5.69 Å². The number of hydrogen-bond donors (Lipinski definition) is 0. The Morgan fingerprint density at radius 3 is 2.35 bits per heavy atom. The van der Waals surface area contributed by atoms with Gasteiger partial charge in [0.15, 0.2) is 0 Å². The lowest BCUT2D eigenvalue weighted by molar-refractivity contribution is 0.0982. The number of carbonyl (C=O) groups excluding carboxylic acids is 1. The molecule has 120 valence electrons. The molecule has 0 aromatic heterocycles. The molecule has 1 heterocycles. The second kappa shape index (κ2) is 6.38. The molecule has 0 saturated carbocycles. The summed E-state index contributed by atoms with van der Waals surface area (Å²) in [5.41, 5.74) is 4.12.